The number of thioether (sulfide) groups is 1. The van der Waals surface area contributed by atoms with Crippen molar-refractivity contribution < 1.29 is 9.21 Å². The number of aryl methyl sites for hydroxylation is 1. The molecule has 0 radical (unpaired) electrons. The third-order valence-corrected chi connectivity index (χ3v) is 5.33. The quantitative estimate of drug-likeness (QED) is 0.681. The summed E-state index contributed by atoms with van der Waals surface area (Å²) in [6.45, 7) is 2.80. The summed E-state index contributed by atoms with van der Waals surface area (Å²) in [5.41, 5.74) is 1.48. The molecule has 138 valence electrons. The zero-order valence-electron chi connectivity index (χ0n) is 14.8. The summed E-state index contributed by atoms with van der Waals surface area (Å²) >= 11 is 1.52. The number of carbonyl (C=O) groups excluding carboxylic acids is 1. The molecular formula is C19H18N4O3S. The van der Waals surface area contributed by atoms with Gasteiger partial charge in [-0.3, -0.25) is 14.2 Å². The summed E-state index contributed by atoms with van der Waals surface area (Å²) in [5, 5.41) is 3.44. The minimum Gasteiger partial charge on any atom is -0.441 e. The van der Waals surface area contributed by atoms with Crippen LogP contribution in [0.2, 0.25) is 0 Å². The van der Waals surface area contributed by atoms with Crippen LogP contribution in [0, 0.1) is 6.92 Å². The van der Waals surface area contributed by atoms with Crippen molar-refractivity contribution >= 4 is 17.7 Å². The average molecular weight is 382 g/mol. The van der Waals surface area contributed by atoms with E-state index in [9.17, 15) is 9.59 Å². The van der Waals surface area contributed by atoms with Crippen molar-refractivity contribution in [2.24, 2.45) is 0 Å². The third kappa shape index (κ3) is 3.52. The van der Waals surface area contributed by atoms with Crippen molar-refractivity contribution in [1.82, 2.24) is 19.9 Å². The number of nitrogens with one attached hydrogen (secondary N) is 1. The number of benzene rings is 1. The van der Waals surface area contributed by atoms with E-state index < -0.39 is 5.91 Å². The first-order valence-corrected chi connectivity index (χ1v) is 9.64. The van der Waals surface area contributed by atoms with E-state index >= 15 is 0 Å². The Labute approximate surface area is 159 Å². The van der Waals surface area contributed by atoms with Crippen LogP contribution in [0.5, 0.6) is 0 Å². The van der Waals surface area contributed by atoms with Crippen LogP contribution in [0.4, 0.5) is 0 Å². The van der Waals surface area contributed by atoms with Crippen molar-refractivity contribution in [3.63, 3.8) is 0 Å². The van der Waals surface area contributed by atoms with Gasteiger partial charge in [0.25, 0.3) is 11.5 Å². The van der Waals surface area contributed by atoms with E-state index in [0.717, 1.165) is 22.8 Å². The van der Waals surface area contributed by atoms with Gasteiger partial charge in [-0.15, -0.1) is 0 Å². The Morgan fingerprint density at radius 2 is 2.15 bits per heavy atom. The summed E-state index contributed by atoms with van der Waals surface area (Å²) in [5.74, 6) is 1.68. The predicted molar refractivity (Wildman–Crippen MR) is 102 cm³/mol. The summed E-state index contributed by atoms with van der Waals surface area (Å²) in [6, 6.07) is 9.66. The highest BCUT2D eigenvalue weighted by Gasteiger charge is 2.20. The lowest BCUT2D eigenvalue weighted by Gasteiger charge is -2.06. The monoisotopic (exact) mass is 382 g/mol. The Hall–Kier alpha value is -2.87. The van der Waals surface area contributed by atoms with Gasteiger partial charge >= 0.3 is 0 Å². The Kier molecular flexibility index (Phi) is 4.81. The topological polar surface area (TPSA) is 90.0 Å². The van der Waals surface area contributed by atoms with E-state index in [-0.39, 0.29) is 11.1 Å². The lowest BCUT2D eigenvalue weighted by atomic mass is 10.2. The standard InChI is InChI=1S/C19H18N4O3S/c1-12-15(22-17(26-12)13-5-3-2-4-6-13)7-8-20-16(24)14-11-21-19-23(18(14)25)9-10-27-19/h2-6,11H,7-10H2,1H3,(H,20,24). The van der Waals surface area contributed by atoms with Crippen LogP contribution in [0.1, 0.15) is 21.8 Å². The molecule has 0 spiro atoms. The lowest BCUT2D eigenvalue weighted by Crippen LogP contribution is -2.34. The smallest absolute Gasteiger partial charge is 0.267 e. The molecular weight excluding hydrogens is 364 g/mol. The van der Waals surface area contributed by atoms with Gasteiger partial charge in [-0.2, -0.15) is 0 Å². The second kappa shape index (κ2) is 7.40. The second-order valence-corrected chi connectivity index (χ2v) is 7.22. The van der Waals surface area contributed by atoms with Crippen molar-refractivity contribution in [2.75, 3.05) is 12.3 Å². The van der Waals surface area contributed by atoms with E-state index in [0.29, 0.717) is 30.6 Å². The lowest BCUT2D eigenvalue weighted by molar-refractivity contribution is 0.0951. The number of amides is 1. The van der Waals surface area contributed by atoms with Crippen molar-refractivity contribution in [1.29, 1.82) is 0 Å². The fourth-order valence-corrected chi connectivity index (χ4v) is 3.84. The first kappa shape index (κ1) is 17.5. The highest BCUT2D eigenvalue weighted by Crippen LogP contribution is 2.22. The summed E-state index contributed by atoms with van der Waals surface area (Å²) in [7, 11) is 0. The molecule has 1 N–H and O–H groups in total. The molecule has 8 heteroatoms. The third-order valence-electron chi connectivity index (χ3n) is 4.36. The number of hydrogen-bond acceptors (Lipinski definition) is 6. The highest BCUT2D eigenvalue weighted by atomic mass is 32.2. The summed E-state index contributed by atoms with van der Waals surface area (Å²) < 4.78 is 7.27. The summed E-state index contributed by atoms with van der Waals surface area (Å²) in [6.07, 6.45) is 1.88. The first-order valence-electron chi connectivity index (χ1n) is 8.66. The molecule has 27 heavy (non-hydrogen) atoms. The van der Waals surface area contributed by atoms with E-state index in [2.05, 4.69) is 15.3 Å². The van der Waals surface area contributed by atoms with Gasteiger partial charge < -0.3 is 9.73 Å². The molecule has 0 saturated heterocycles. The van der Waals surface area contributed by atoms with E-state index in [1.165, 1.54) is 18.0 Å². The van der Waals surface area contributed by atoms with E-state index in [4.69, 9.17) is 4.42 Å². The van der Waals surface area contributed by atoms with Gasteiger partial charge in [-0.25, -0.2) is 9.97 Å². The normalized spacial score (nSPS) is 12.8. The van der Waals surface area contributed by atoms with Gasteiger partial charge in [0.05, 0.1) is 5.69 Å². The maximum absolute atomic E-state index is 12.4. The molecule has 4 rings (SSSR count). The Morgan fingerprint density at radius 1 is 1.33 bits per heavy atom. The van der Waals surface area contributed by atoms with Crippen LogP contribution >= 0.6 is 11.8 Å². The minimum atomic E-state index is -0.413. The Morgan fingerprint density at radius 3 is 2.96 bits per heavy atom. The van der Waals surface area contributed by atoms with Gasteiger partial charge in [0.15, 0.2) is 5.16 Å². The van der Waals surface area contributed by atoms with Crippen LogP contribution in [-0.2, 0) is 13.0 Å². The van der Waals surface area contributed by atoms with Crippen LogP contribution in [0.15, 0.2) is 50.9 Å². The molecule has 3 aromatic rings. The molecule has 0 saturated carbocycles. The Bertz CT molecular complexity index is 1040. The maximum Gasteiger partial charge on any atom is 0.267 e. The number of aromatic nitrogens is 3. The van der Waals surface area contributed by atoms with Crippen LogP contribution < -0.4 is 10.9 Å². The van der Waals surface area contributed by atoms with Crippen molar-refractivity contribution in [3.8, 4) is 11.5 Å². The van der Waals surface area contributed by atoms with E-state index in [1.54, 1.807) is 4.57 Å². The first-order chi connectivity index (χ1) is 13.1. The zero-order valence-corrected chi connectivity index (χ0v) is 15.6. The van der Waals surface area contributed by atoms with Crippen molar-refractivity contribution in [2.45, 2.75) is 25.0 Å². The molecule has 7 nitrogen and oxygen atoms in total. The molecule has 1 aliphatic heterocycles. The molecule has 1 aromatic carbocycles. The molecule has 0 bridgehead atoms. The molecule has 0 fully saturated rings. The number of oxazole rings is 1. The molecule has 1 aliphatic rings. The highest BCUT2D eigenvalue weighted by molar-refractivity contribution is 7.99. The van der Waals surface area contributed by atoms with Crippen LogP contribution in [0.3, 0.4) is 0 Å². The largest absolute Gasteiger partial charge is 0.441 e. The molecule has 1 amide bonds. The Balaban J connectivity index is 1.41. The molecule has 0 unspecified atom stereocenters. The number of hydrogen-bond donors (Lipinski definition) is 1. The van der Waals surface area contributed by atoms with Crippen LogP contribution in [-0.4, -0.2) is 32.7 Å². The number of rotatable bonds is 5. The SMILES string of the molecule is Cc1oc(-c2ccccc2)nc1CCNC(=O)c1cnc2n(c1=O)CCS2. The molecule has 3 heterocycles. The maximum atomic E-state index is 12.4. The van der Waals surface area contributed by atoms with Gasteiger partial charge in [-0.1, -0.05) is 30.0 Å². The van der Waals surface area contributed by atoms with Gasteiger partial charge in [0, 0.05) is 37.0 Å². The zero-order chi connectivity index (χ0) is 18.8. The number of fused-ring (bicyclic) bond motifs is 1. The van der Waals surface area contributed by atoms with Gasteiger partial charge in [-0.05, 0) is 19.1 Å². The van der Waals surface area contributed by atoms with Gasteiger partial charge in [0.2, 0.25) is 5.89 Å². The summed E-state index contributed by atoms with van der Waals surface area (Å²) in [4.78, 5) is 33.4. The second-order valence-electron chi connectivity index (χ2n) is 6.15. The predicted octanol–water partition coefficient (Wildman–Crippen LogP) is 2.28. The molecule has 0 aliphatic carbocycles. The van der Waals surface area contributed by atoms with Crippen LogP contribution in [0.25, 0.3) is 11.5 Å². The number of nitrogens with zero attached hydrogens (tertiary/aromatic N) is 3. The molecule has 0 atom stereocenters. The molecule has 2 aromatic heterocycles. The average Bonchev–Trinajstić information content (AvgIpc) is 3.30. The van der Waals surface area contributed by atoms with Crippen molar-refractivity contribution in [3.05, 3.63) is 63.9 Å². The fourth-order valence-electron chi connectivity index (χ4n) is 2.93. The van der Waals surface area contributed by atoms with E-state index in [1.807, 2.05) is 37.3 Å². The fraction of sp³-hybridized carbons (Fsp3) is 0.263. The van der Waals surface area contributed by atoms with Gasteiger partial charge in [0.1, 0.15) is 11.3 Å². The minimum absolute atomic E-state index is 0.0723. The number of carbonyl (C=O) groups is 1.